The number of H-pyrrole nitrogens is 1. The lowest BCUT2D eigenvalue weighted by Gasteiger charge is -2.11. The summed E-state index contributed by atoms with van der Waals surface area (Å²) in [6.07, 6.45) is 4.58. The van der Waals surface area contributed by atoms with Gasteiger partial charge < -0.3 is 10.2 Å². The molecular weight excluding hydrogens is 274 g/mol. The first-order valence-electron chi connectivity index (χ1n) is 6.58. The molecular formula is C15H12ClN3O. The van der Waals surface area contributed by atoms with Crippen LogP contribution in [0.25, 0.3) is 21.7 Å². The molecule has 5 heteroatoms. The Balaban J connectivity index is 2.15. The van der Waals surface area contributed by atoms with E-state index >= 15 is 0 Å². The lowest BCUT2D eigenvalue weighted by molar-refractivity contribution is 0.317. The number of nitrogens with zero attached hydrogens (tertiary/aromatic N) is 2. The van der Waals surface area contributed by atoms with E-state index in [-0.39, 0.29) is 0 Å². The highest BCUT2D eigenvalue weighted by molar-refractivity contribution is 6.30. The van der Waals surface area contributed by atoms with E-state index in [2.05, 4.69) is 10.1 Å². The largest absolute Gasteiger partial charge is 0.411 e. The zero-order chi connectivity index (χ0) is 13.7. The number of halogens is 1. The van der Waals surface area contributed by atoms with E-state index in [0.29, 0.717) is 5.15 Å². The van der Waals surface area contributed by atoms with Crippen molar-refractivity contribution in [2.75, 3.05) is 0 Å². The number of hydrogen-bond donors (Lipinski definition) is 2. The number of pyridine rings is 1. The molecule has 3 aromatic rings. The van der Waals surface area contributed by atoms with Crippen molar-refractivity contribution < 1.29 is 5.21 Å². The second-order valence-electron chi connectivity index (χ2n) is 5.08. The summed E-state index contributed by atoms with van der Waals surface area (Å²) in [6, 6.07) is 5.98. The summed E-state index contributed by atoms with van der Waals surface area (Å²) in [5.74, 6) is 0. The second kappa shape index (κ2) is 4.21. The number of nitrogens with one attached hydrogen (secondary N) is 1. The maximum atomic E-state index is 9.21. The van der Waals surface area contributed by atoms with Gasteiger partial charge in [0.15, 0.2) is 0 Å². The minimum absolute atomic E-state index is 0.585. The zero-order valence-corrected chi connectivity index (χ0v) is 11.4. The number of aromatic amines is 1. The third-order valence-electron chi connectivity index (χ3n) is 3.93. The number of hydrogen-bond acceptors (Lipinski definition) is 3. The monoisotopic (exact) mass is 285 g/mol. The van der Waals surface area contributed by atoms with Crippen LogP contribution in [0, 0.1) is 0 Å². The van der Waals surface area contributed by atoms with E-state index in [0.717, 1.165) is 57.9 Å². The van der Waals surface area contributed by atoms with Gasteiger partial charge in [-0.2, -0.15) is 0 Å². The van der Waals surface area contributed by atoms with Gasteiger partial charge in [-0.05, 0) is 25.3 Å². The van der Waals surface area contributed by atoms with Crippen LogP contribution in [0.3, 0.4) is 0 Å². The van der Waals surface area contributed by atoms with Crippen molar-refractivity contribution in [2.24, 2.45) is 5.16 Å². The summed E-state index contributed by atoms with van der Waals surface area (Å²) >= 11 is 6.05. The molecule has 4 rings (SSSR count). The first-order valence-corrected chi connectivity index (χ1v) is 6.96. The van der Waals surface area contributed by atoms with Crippen molar-refractivity contribution in [2.45, 2.75) is 19.3 Å². The average Bonchev–Trinajstić information content (AvgIpc) is 2.86. The summed E-state index contributed by atoms with van der Waals surface area (Å²) in [5, 5.41) is 16.4. The molecule has 0 radical (unpaired) electrons. The summed E-state index contributed by atoms with van der Waals surface area (Å²) in [4.78, 5) is 7.75. The predicted molar refractivity (Wildman–Crippen MR) is 79.9 cm³/mol. The van der Waals surface area contributed by atoms with Crippen molar-refractivity contribution >= 4 is 39.0 Å². The lowest BCUT2D eigenvalue weighted by atomic mass is 9.93. The maximum Gasteiger partial charge on any atom is 0.106 e. The van der Waals surface area contributed by atoms with Crippen molar-refractivity contribution in [3.8, 4) is 0 Å². The fraction of sp³-hybridized carbons (Fsp3) is 0.200. The van der Waals surface area contributed by atoms with Crippen LogP contribution in [0.15, 0.2) is 29.6 Å². The summed E-state index contributed by atoms with van der Waals surface area (Å²) < 4.78 is 0. The Kier molecular flexibility index (Phi) is 2.47. The van der Waals surface area contributed by atoms with Crippen molar-refractivity contribution in [1.82, 2.24) is 9.97 Å². The standard InChI is InChI=1S/C15H12ClN3O/c16-13-6-10-8(7-17-13)4-5-9-14-11(18-15(9)10)2-1-3-12(14)19-20/h4-7,17,20H,1-3H2. The molecule has 100 valence electrons. The van der Waals surface area contributed by atoms with Crippen LogP contribution in [0.5, 0.6) is 0 Å². The van der Waals surface area contributed by atoms with Crippen molar-refractivity contribution in [3.05, 3.63) is 40.8 Å². The number of fused-ring (bicyclic) bond motifs is 5. The average molecular weight is 286 g/mol. The van der Waals surface area contributed by atoms with Crippen LogP contribution in [-0.2, 0) is 6.42 Å². The van der Waals surface area contributed by atoms with E-state index < -0.39 is 0 Å². The number of benzene rings is 1. The maximum absolute atomic E-state index is 9.21. The topological polar surface area (TPSA) is 61.3 Å². The van der Waals surface area contributed by atoms with E-state index in [1.54, 1.807) is 0 Å². The third kappa shape index (κ3) is 1.55. The van der Waals surface area contributed by atoms with Gasteiger partial charge in [-0.25, -0.2) is 0 Å². The zero-order valence-electron chi connectivity index (χ0n) is 10.7. The molecule has 2 N–H and O–H groups in total. The first-order chi connectivity index (χ1) is 9.78. The second-order valence-corrected chi connectivity index (χ2v) is 5.49. The molecule has 0 saturated heterocycles. The molecule has 0 unspecified atom stereocenters. The van der Waals surface area contributed by atoms with Crippen LogP contribution in [-0.4, -0.2) is 20.9 Å². The van der Waals surface area contributed by atoms with Gasteiger partial charge in [0.25, 0.3) is 0 Å². The van der Waals surface area contributed by atoms with Gasteiger partial charge in [-0.15, -0.1) is 0 Å². The summed E-state index contributed by atoms with van der Waals surface area (Å²) in [6.45, 7) is 0. The first kappa shape index (κ1) is 11.7. The van der Waals surface area contributed by atoms with Gasteiger partial charge in [0, 0.05) is 27.9 Å². The number of oxime groups is 1. The molecule has 0 atom stereocenters. The summed E-state index contributed by atoms with van der Waals surface area (Å²) in [7, 11) is 0. The minimum Gasteiger partial charge on any atom is -0.411 e. The molecule has 1 aliphatic rings. The summed E-state index contributed by atoms with van der Waals surface area (Å²) in [5.41, 5.74) is 3.70. The van der Waals surface area contributed by atoms with Gasteiger partial charge >= 0.3 is 0 Å². The smallest absolute Gasteiger partial charge is 0.106 e. The Morgan fingerprint density at radius 3 is 3.00 bits per heavy atom. The van der Waals surface area contributed by atoms with Gasteiger partial charge in [0.05, 0.1) is 16.9 Å². The van der Waals surface area contributed by atoms with Crippen LogP contribution >= 0.6 is 11.6 Å². The fourth-order valence-corrected chi connectivity index (χ4v) is 3.20. The van der Waals surface area contributed by atoms with Gasteiger partial charge in [-0.1, -0.05) is 28.9 Å². The minimum atomic E-state index is 0.585. The van der Waals surface area contributed by atoms with Gasteiger partial charge in [0.2, 0.25) is 0 Å². The Labute approximate surface area is 120 Å². The van der Waals surface area contributed by atoms with Crippen LogP contribution in [0.2, 0.25) is 5.15 Å². The van der Waals surface area contributed by atoms with E-state index in [9.17, 15) is 5.21 Å². The van der Waals surface area contributed by atoms with Crippen molar-refractivity contribution in [1.29, 1.82) is 0 Å². The highest BCUT2D eigenvalue weighted by Crippen LogP contribution is 2.34. The fourth-order valence-electron chi connectivity index (χ4n) is 3.04. The highest BCUT2D eigenvalue weighted by atomic mass is 35.5. The lowest BCUT2D eigenvalue weighted by Crippen LogP contribution is -2.10. The van der Waals surface area contributed by atoms with E-state index in [1.807, 2.05) is 24.4 Å². The molecule has 2 heterocycles. The van der Waals surface area contributed by atoms with E-state index in [1.165, 1.54) is 0 Å². The molecule has 1 aliphatic carbocycles. The Hall–Kier alpha value is -2.07. The van der Waals surface area contributed by atoms with Crippen LogP contribution in [0.1, 0.15) is 24.1 Å². The van der Waals surface area contributed by atoms with E-state index in [4.69, 9.17) is 16.6 Å². The Morgan fingerprint density at radius 1 is 1.25 bits per heavy atom. The van der Waals surface area contributed by atoms with Crippen molar-refractivity contribution in [3.63, 3.8) is 0 Å². The molecule has 4 nitrogen and oxygen atoms in total. The third-order valence-corrected chi connectivity index (χ3v) is 4.15. The molecule has 0 amide bonds. The number of aryl methyl sites for hydroxylation is 1. The molecule has 0 saturated carbocycles. The number of aromatic nitrogens is 2. The SMILES string of the molecule is ON=C1CCCc2nc3c(ccc4c[nH]c(Cl)cc43)c21. The molecule has 20 heavy (non-hydrogen) atoms. The molecule has 1 aromatic carbocycles. The van der Waals surface area contributed by atoms with Gasteiger partial charge in [0.1, 0.15) is 5.15 Å². The molecule has 2 aromatic heterocycles. The number of rotatable bonds is 0. The molecule has 0 fully saturated rings. The molecule has 0 aliphatic heterocycles. The van der Waals surface area contributed by atoms with Crippen LogP contribution in [0.4, 0.5) is 0 Å². The molecule has 0 bridgehead atoms. The Bertz CT molecular complexity index is 866. The highest BCUT2D eigenvalue weighted by Gasteiger charge is 2.23. The van der Waals surface area contributed by atoms with Crippen LogP contribution < -0.4 is 0 Å². The van der Waals surface area contributed by atoms with Gasteiger partial charge in [-0.3, -0.25) is 4.98 Å². The quantitative estimate of drug-likeness (QED) is 0.374. The molecule has 0 spiro atoms. The predicted octanol–water partition coefficient (Wildman–Crippen LogP) is 3.88. The normalized spacial score (nSPS) is 16.9. The Morgan fingerprint density at radius 2 is 2.15 bits per heavy atom.